The number of pyridine rings is 1. The van der Waals surface area contributed by atoms with Crippen LogP contribution < -0.4 is 5.56 Å². The lowest BCUT2D eigenvalue weighted by Crippen LogP contribution is -2.04. The molecule has 0 amide bonds. The van der Waals surface area contributed by atoms with Crippen molar-refractivity contribution in [2.45, 2.75) is 12.8 Å². The van der Waals surface area contributed by atoms with Crippen molar-refractivity contribution >= 4 is 0 Å². The molecule has 0 unspecified atom stereocenters. The predicted octanol–water partition coefficient (Wildman–Crippen LogP) is 2.36. The summed E-state index contributed by atoms with van der Waals surface area (Å²) in [4.78, 5) is 13.4. The molecule has 4 heteroatoms. The lowest BCUT2D eigenvalue weighted by molar-refractivity contribution is 0.466. The van der Waals surface area contributed by atoms with E-state index in [1.807, 2.05) is 6.08 Å². The summed E-state index contributed by atoms with van der Waals surface area (Å²) in [6, 6.07) is 1.41. The number of hydrogen-bond acceptors (Lipinski definition) is 2. The van der Waals surface area contributed by atoms with Crippen molar-refractivity contribution in [3.8, 4) is 5.75 Å². The minimum atomic E-state index is -0.507. The summed E-state index contributed by atoms with van der Waals surface area (Å²) < 4.78 is 12.9. The maximum Gasteiger partial charge on any atom is 0.290 e. The molecule has 1 aliphatic rings. The second-order valence-electron chi connectivity index (χ2n) is 3.84. The summed E-state index contributed by atoms with van der Waals surface area (Å²) in [6.45, 7) is 0. The molecule has 0 bridgehead atoms. The van der Waals surface area contributed by atoms with E-state index in [1.165, 1.54) is 24.4 Å². The second kappa shape index (κ2) is 4.82. The third kappa shape index (κ3) is 2.93. The average molecular weight is 233 g/mol. The number of H-pyrrole nitrogens is 1. The summed E-state index contributed by atoms with van der Waals surface area (Å²) >= 11 is 0. The Morgan fingerprint density at radius 3 is 3.06 bits per heavy atom. The van der Waals surface area contributed by atoms with Crippen molar-refractivity contribution in [3.63, 3.8) is 0 Å². The number of hydrogen-bond donors (Lipinski definition) is 2. The van der Waals surface area contributed by atoms with Crippen LogP contribution in [0.2, 0.25) is 0 Å². The maximum absolute atomic E-state index is 12.9. The monoisotopic (exact) mass is 233 g/mol. The van der Waals surface area contributed by atoms with E-state index in [1.54, 1.807) is 6.08 Å². The Labute approximate surface area is 97.6 Å². The molecule has 17 heavy (non-hydrogen) atoms. The number of halogens is 1. The van der Waals surface area contributed by atoms with Crippen molar-refractivity contribution < 1.29 is 9.50 Å². The van der Waals surface area contributed by atoms with Crippen molar-refractivity contribution in [3.05, 3.63) is 63.9 Å². The van der Waals surface area contributed by atoms with E-state index >= 15 is 0 Å². The Morgan fingerprint density at radius 1 is 1.53 bits per heavy atom. The number of nitrogens with one attached hydrogen (secondary N) is 1. The van der Waals surface area contributed by atoms with Crippen LogP contribution in [0.3, 0.4) is 0 Å². The molecular formula is C13H12FNO2. The highest BCUT2D eigenvalue weighted by Crippen LogP contribution is 2.17. The zero-order valence-corrected chi connectivity index (χ0v) is 9.11. The van der Waals surface area contributed by atoms with Gasteiger partial charge in [-0.05, 0) is 42.2 Å². The molecule has 1 aliphatic carbocycles. The quantitative estimate of drug-likeness (QED) is 0.823. The molecule has 1 aromatic heterocycles. The van der Waals surface area contributed by atoms with Gasteiger partial charge in [0.1, 0.15) is 5.83 Å². The average Bonchev–Trinajstić information content (AvgIpc) is 2.31. The topological polar surface area (TPSA) is 53.1 Å². The highest BCUT2D eigenvalue weighted by Gasteiger charge is 2.01. The van der Waals surface area contributed by atoms with E-state index in [4.69, 9.17) is 0 Å². The van der Waals surface area contributed by atoms with Gasteiger partial charge in [0.05, 0.1) is 0 Å². The number of rotatable bonds is 2. The van der Waals surface area contributed by atoms with Gasteiger partial charge < -0.3 is 10.1 Å². The fraction of sp³-hybridized carbons (Fsp3) is 0.154. The van der Waals surface area contributed by atoms with E-state index < -0.39 is 5.56 Å². The van der Waals surface area contributed by atoms with E-state index in [0.717, 1.165) is 11.1 Å². The first-order valence-corrected chi connectivity index (χ1v) is 5.28. The van der Waals surface area contributed by atoms with Crippen molar-refractivity contribution in [2.75, 3.05) is 0 Å². The van der Waals surface area contributed by atoms with Crippen LogP contribution in [0.4, 0.5) is 4.39 Å². The summed E-state index contributed by atoms with van der Waals surface area (Å²) in [5, 5.41) is 9.23. The van der Waals surface area contributed by atoms with Gasteiger partial charge >= 0.3 is 0 Å². The summed E-state index contributed by atoms with van der Waals surface area (Å²) in [7, 11) is 0. The summed E-state index contributed by atoms with van der Waals surface area (Å²) in [6.07, 6.45) is 9.31. The van der Waals surface area contributed by atoms with Gasteiger partial charge in [0.25, 0.3) is 5.56 Å². The standard InChI is InChI=1S/C13H12FNO2/c14-11-3-1-2-9(6-11)4-5-10-7-12(16)13(17)15-8-10/h1,3-4,6-8,16H,2,5H2,(H,15,17). The Kier molecular flexibility index (Phi) is 3.23. The largest absolute Gasteiger partial charge is 0.503 e. The lowest BCUT2D eigenvalue weighted by atomic mass is 10.0. The van der Waals surface area contributed by atoms with Crippen LogP contribution in [0.1, 0.15) is 12.0 Å². The molecule has 2 rings (SSSR count). The fourth-order valence-corrected chi connectivity index (χ4v) is 1.62. The van der Waals surface area contributed by atoms with Crippen LogP contribution in [0.5, 0.6) is 5.75 Å². The number of aromatic hydroxyl groups is 1. The van der Waals surface area contributed by atoms with E-state index in [2.05, 4.69) is 4.98 Å². The molecule has 0 saturated carbocycles. The molecule has 88 valence electrons. The highest BCUT2D eigenvalue weighted by molar-refractivity contribution is 5.34. The van der Waals surface area contributed by atoms with Gasteiger partial charge in [0.15, 0.2) is 5.75 Å². The van der Waals surface area contributed by atoms with Gasteiger partial charge in [-0.2, -0.15) is 0 Å². The molecular weight excluding hydrogens is 221 g/mol. The molecule has 0 aliphatic heterocycles. The van der Waals surface area contributed by atoms with Crippen LogP contribution in [0.25, 0.3) is 0 Å². The molecule has 0 aromatic carbocycles. The zero-order valence-electron chi connectivity index (χ0n) is 9.11. The van der Waals surface area contributed by atoms with Crippen molar-refractivity contribution in [2.24, 2.45) is 0 Å². The van der Waals surface area contributed by atoms with Gasteiger partial charge in [0.2, 0.25) is 0 Å². The van der Waals surface area contributed by atoms with Crippen LogP contribution in [-0.4, -0.2) is 10.1 Å². The molecule has 1 heterocycles. The molecule has 0 saturated heterocycles. The first kappa shape index (κ1) is 11.4. The third-order valence-electron chi connectivity index (χ3n) is 2.50. The molecule has 2 N–H and O–H groups in total. The Morgan fingerprint density at radius 2 is 2.35 bits per heavy atom. The smallest absolute Gasteiger partial charge is 0.290 e. The summed E-state index contributed by atoms with van der Waals surface area (Å²) in [5.41, 5.74) is 1.15. The highest BCUT2D eigenvalue weighted by atomic mass is 19.1. The number of aromatic nitrogens is 1. The van der Waals surface area contributed by atoms with Crippen LogP contribution in [0.15, 0.2) is 52.8 Å². The number of aromatic amines is 1. The summed E-state index contributed by atoms with van der Waals surface area (Å²) in [5.74, 6) is -0.557. The predicted molar refractivity (Wildman–Crippen MR) is 63.5 cm³/mol. The third-order valence-corrected chi connectivity index (χ3v) is 2.50. The number of allylic oxidation sites excluding steroid dienone is 6. The lowest BCUT2D eigenvalue weighted by Gasteiger charge is -2.04. The second-order valence-corrected chi connectivity index (χ2v) is 3.84. The van der Waals surface area contributed by atoms with Gasteiger partial charge in [-0.3, -0.25) is 4.79 Å². The van der Waals surface area contributed by atoms with Gasteiger partial charge in [-0.1, -0.05) is 12.2 Å². The molecule has 0 fully saturated rings. The van der Waals surface area contributed by atoms with E-state index in [-0.39, 0.29) is 11.6 Å². The van der Waals surface area contributed by atoms with Gasteiger partial charge in [-0.15, -0.1) is 0 Å². The van der Waals surface area contributed by atoms with Crippen LogP contribution >= 0.6 is 0 Å². The van der Waals surface area contributed by atoms with E-state index in [0.29, 0.717) is 12.8 Å². The van der Waals surface area contributed by atoms with Crippen LogP contribution in [0, 0.1) is 0 Å². The molecule has 1 aromatic rings. The first-order chi connectivity index (χ1) is 8.15. The minimum Gasteiger partial charge on any atom is -0.503 e. The molecule has 0 spiro atoms. The Hall–Kier alpha value is -2.10. The van der Waals surface area contributed by atoms with Crippen molar-refractivity contribution in [1.82, 2.24) is 4.98 Å². The van der Waals surface area contributed by atoms with Crippen LogP contribution in [-0.2, 0) is 6.42 Å². The SMILES string of the molecule is O=c1[nH]cc(CC=C2C=C(F)C=CC2)cc1O. The first-order valence-electron chi connectivity index (χ1n) is 5.28. The minimum absolute atomic E-state index is 0.258. The Bertz CT molecular complexity index is 567. The van der Waals surface area contributed by atoms with Gasteiger partial charge in [-0.25, -0.2) is 4.39 Å². The Balaban J connectivity index is 2.12. The van der Waals surface area contributed by atoms with E-state index in [9.17, 15) is 14.3 Å². The molecule has 0 radical (unpaired) electrons. The van der Waals surface area contributed by atoms with Crippen molar-refractivity contribution in [1.29, 1.82) is 0 Å². The zero-order chi connectivity index (χ0) is 12.3. The molecule has 3 nitrogen and oxygen atoms in total. The maximum atomic E-state index is 12.9. The fourth-order valence-electron chi connectivity index (χ4n) is 1.62. The molecule has 0 atom stereocenters. The van der Waals surface area contributed by atoms with Gasteiger partial charge in [0, 0.05) is 6.20 Å². The normalized spacial score (nSPS) is 17.2.